The van der Waals surface area contributed by atoms with Gasteiger partial charge < -0.3 is 24.6 Å². The minimum Gasteiger partial charge on any atom is -0.497 e. The van der Waals surface area contributed by atoms with Crippen molar-refractivity contribution in [1.82, 2.24) is 5.32 Å². The topological polar surface area (TPSA) is 77.0 Å². The number of methoxy groups -OCH3 is 1. The molecule has 2 N–H and O–H groups in total. The first-order chi connectivity index (χ1) is 13.2. The average Bonchev–Trinajstić information content (AvgIpc) is 3.50. The molecule has 0 spiro atoms. The van der Waals surface area contributed by atoms with Gasteiger partial charge >= 0.3 is 0 Å². The highest BCUT2D eigenvalue weighted by molar-refractivity contribution is 5.92. The number of carbonyl (C=O) groups is 1. The molecule has 2 aliphatic rings. The van der Waals surface area contributed by atoms with E-state index in [-0.39, 0.29) is 30.4 Å². The van der Waals surface area contributed by atoms with Gasteiger partial charge in [0.05, 0.1) is 7.11 Å². The van der Waals surface area contributed by atoms with Crippen LogP contribution in [0.5, 0.6) is 5.75 Å². The fourth-order valence-electron chi connectivity index (χ4n) is 3.46. The third-order valence-corrected chi connectivity index (χ3v) is 5.05. The molecule has 3 rings (SSSR count). The van der Waals surface area contributed by atoms with E-state index in [2.05, 4.69) is 5.32 Å². The van der Waals surface area contributed by atoms with E-state index in [1.807, 2.05) is 37.3 Å². The van der Waals surface area contributed by atoms with Crippen molar-refractivity contribution in [1.29, 1.82) is 0 Å². The summed E-state index contributed by atoms with van der Waals surface area (Å²) in [5.74, 6) is 0.910. The number of carbonyl (C=O) groups excluding carboxylic acids is 1. The number of allylic oxidation sites excluding steroid dienone is 1. The Kier molecular flexibility index (Phi) is 6.74. The van der Waals surface area contributed by atoms with Crippen LogP contribution in [0.3, 0.4) is 0 Å². The maximum absolute atomic E-state index is 12.6. The zero-order valence-corrected chi connectivity index (χ0v) is 16.0. The normalized spacial score (nSPS) is 24.7. The summed E-state index contributed by atoms with van der Waals surface area (Å²) in [5.41, 5.74) is 1.07. The lowest BCUT2D eigenvalue weighted by molar-refractivity contribution is -0.166. The summed E-state index contributed by atoms with van der Waals surface area (Å²) in [5, 5.41) is 12.3. The monoisotopic (exact) mass is 375 g/mol. The van der Waals surface area contributed by atoms with Crippen LogP contribution in [0.15, 0.2) is 36.1 Å². The number of nitrogens with one attached hydrogen (secondary N) is 1. The van der Waals surface area contributed by atoms with Crippen LogP contribution in [-0.4, -0.2) is 43.7 Å². The zero-order chi connectivity index (χ0) is 19.2. The summed E-state index contributed by atoms with van der Waals surface area (Å²) < 4.78 is 17.0. The lowest BCUT2D eigenvalue weighted by Crippen LogP contribution is -2.39. The minimum atomic E-state index is -0.515. The van der Waals surface area contributed by atoms with Crippen molar-refractivity contribution < 1.29 is 24.1 Å². The number of ether oxygens (including phenoxy) is 3. The van der Waals surface area contributed by atoms with Crippen LogP contribution in [-0.2, 0) is 14.3 Å². The maximum Gasteiger partial charge on any atom is 0.286 e. The average molecular weight is 375 g/mol. The molecule has 1 aliphatic carbocycles. The summed E-state index contributed by atoms with van der Waals surface area (Å²) in [6.45, 7) is 2.52. The summed E-state index contributed by atoms with van der Waals surface area (Å²) in [4.78, 5) is 12.6. The van der Waals surface area contributed by atoms with Crippen LogP contribution in [0.1, 0.15) is 44.1 Å². The molecule has 1 aliphatic heterocycles. The predicted octanol–water partition coefficient (Wildman–Crippen LogP) is 2.72. The highest BCUT2D eigenvalue weighted by Gasteiger charge is 2.38. The molecule has 0 radical (unpaired) electrons. The van der Waals surface area contributed by atoms with Crippen molar-refractivity contribution in [3.63, 3.8) is 0 Å². The van der Waals surface area contributed by atoms with Gasteiger partial charge in [0, 0.05) is 31.1 Å². The van der Waals surface area contributed by atoms with Crippen LogP contribution in [0, 0.1) is 5.92 Å². The molecule has 148 valence electrons. The lowest BCUT2D eigenvalue weighted by atomic mass is 9.80. The third kappa shape index (κ3) is 5.02. The number of aliphatic hydroxyl groups is 1. The molecule has 6 heteroatoms. The number of amides is 1. The molecule has 27 heavy (non-hydrogen) atoms. The van der Waals surface area contributed by atoms with Gasteiger partial charge in [-0.1, -0.05) is 12.1 Å². The number of benzene rings is 1. The standard InChI is InChI=1S/C21H29NO5/c1-3-26-21-17(5-4-12-23)18(14-6-10-16(25-2)11-7-14)13-19(27-21)20(24)22-15-8-9-15/h6-7,10-11,13,15,17-18,21,23H,3-5,8-9,12H2,1-2H3,(H,22,24)/t17-,18-,21-/m0/s1. The first-order valence-electron chi connectivity index (χ1n) is 9.72. The van der Waals surface area contributed by atoms with Gasteiger partial charge in [0.15, 0.2) is 5.76 Å². The van der Waals surface area contributed by atoms with E-state index in [1.165, 1.54) is 0 Å². The van der Waals surface area contributed by atoms with E-state index in [0.717, 1.165) is 30.6 Å². The molecule has 1 saturated carbocycles. The van der Waals surface area contributed by atoms with Crippen molar-refractivity contribution in [2.24, 2.45) is 5.92 Å². The number of rotatable bonds is 9. The first kappa shape index (κ1) is 19.7. The molecule has 1 aromatic rings. The van der Waals surface area contributed by atoms with Crippen molar-refractivity contribution >= 4 is 5.91 Å². The molecule has 6 nitrogen and oxygen atoms in total. The van der Waals surface area contributed by atoms with Crippen LogP contribution < -0.4 is 10.1 Å². The molecule has 0 saturated heterocycles. The second kappa shape index (κ2) is 9.24. The second-order valence-corrected chi connectivity index (χ2v) is 7.05. The van der Waals surface area contributed by atoms with Gasteiger partial charge in [-0.2, -0.15) is 0 Å². The Bertz CT molecular complexity index is 653. The van der Waals surface area contributed by atoms with Gasteiger partial charge in [-0.05, 0) is 56.4 Å². The summed E-state index contributed by atoms with van der Waals surface area (Å²) in [6.07, 6.45) is 4.83. The molecule has 0 unspecified atom stereocenters. The number of hydrogen-bond acceptors (Lipinski definition) is 5. The Balaban J connectivity index is 1.90. The molecular formula is C21H29NO5. The van der Waals surface area contributed by atoms with Crippen LogP contribution in [0.2, 0.25) is 0 Å². The summed E-state index contributed by atoms with van der Waals surface area (Å²) >= 11 is 0. The maximum atomic E-state index is 12.6. The SMILES string of the molecule is CCO[C@H]1OC(C(=O)NC2CC2)=C[C@@H](c2ccc(OC)cc2)[C@@H]1CCCO. The van der Waals surface area contributed by atoms with E-state index in [4.69, 9.17) is 14.2 Å². The Morgan fingerprint density at radius 3 is 2.63 bits per heavy atom. The van der Waals surface area contributed by atoms with Crippen molar-refractivity contribution in [2.45, 2.75) is 50.9 Å². The Labute approximate surface area is 160 Å². The quantitative estimate of drug-likeness (QED) is 0.694. The van der Waals surface area contributed by atoms with Crippen molar-refractivity contribution in [3.05, 3.63) is 41.7 Å². The minimum absolute atomic E-state index is 0.0166. The number of hydrogen-bond donors (Lipinski definition) is 2. The predicted molar refractivity (Wildman–Crippen MR) is 101 cm³/mol. The molecular weight excluding hydrogens is 346 g/mol. The molecule has 1 amide bonds. The summed E-state index contributed by atoms with van der Waals surface area (Å²) in [6, 6.07) is 8.12. The highest BCUT2D eigenvalue weighted by atomic mass is 16.7. The van der Waals surface area contributed by atoms with Gasteiger partial charge in [-0.25, -0.2) is 0 Å². The van der Waals surface area contributed by atoms with E-state index in [9.17, 15) is 9.90 Å². The van der Waals surface area contributed by atoms with Gasteiger partial charge in [0.25, 0.3) is 5.91 Å². The molecule has 0 bridgehead atoms. The van der Waals surface area contributed by atoms with Crippen LogP contribution in [0.25, 0.3) is 0 Å². The number of aliphatic hydroxyl groups excluding tert-OH is 1. The Morgan fingerprint density at radius 2 is 2.04 bits per heavy atom. The van der Waals surface area contributed by atoms with Gasteiger partial charge in [-0.3, -0.25) is 4.79 Å². The lowest BCUT2D eigenvalue weighted by Gasteiger charge is -2.37. The van der Waals surface area contributed by atoms with E-state index in [0.29, 0.717) is 18.8 Å². The summed E-state index contributed by atoms with van der Waals surface area (Å²) in [7, 11) is 1.64. The van der Waals surface area contributed by atoms with E-state index < -0.39 is 6.29 Å². The second-order valence-electron chi connectivity index (χ2n) is 7.05. The van der Waals surface area contributed by atoms with Crippen molar-refractivity contribution in [2.75, 3.05) is 20.3 Å². The highest BCUT2D eigenvalue weighted by Crippen LogP contribution is 2.40. The van der Waals surface area contributed by atoms with E-state index >= 15 is 0 Å². The molecule has 1 heterocycles. The van der Waals surface area contributed by atoms with Crippen LogP contribution in [0.4, 0.5) is 0 Å². The third-order valence-electron chi connectivity index (χ3n) is 5.05. The Hall–Kier alpha value is -2.05. The first-order valence-corrected chi connectivity index (χ1v) is 9.72. The molecule has 1 fully saturated rings. The molecule has 0 aromatic heterocycles. The Morgan fingerprint density at radius 1 is 1.30 bits per heavy atom. The van der Waals surface area contributed by atoms with Gasteiger partial charge in [0.2, 0.25) is 6.29 Å². The fraction of sp³-hybridized carbons (Fsp3) is 0.571. The van der Waals surface area contributed by atoms with E-state index in [1.54, 1.807) is 7.11 Å². The fourth-order valence-corrected chi connectivity index (χ4v) is 3.46. The van der Waals surface area contributed by atoms with Crippen molar-refractivity contribution in [3.8, 4) is 5.75 Å². The largest absolute Gasteiger partial charge is 0.497 e. The zero-order valence-electron chi connectivity index (χ0n) is 16.0. The van der Waals surface area contributed by atoms with Gasteiger partial charge in [0.1, 0.15) is 5.75 Å². The molecule has 1 aromatic carbocycles. The van der Waals surface area contributed by atoms with Gasteiger partial charge in [-0.15, -0.1) is 0 Å². The smallest absolute Gasteiger partial charge is 0.286 e. The van der Waals surface area contributed by atoms with Crippen LogP contribution >= 0.6 is 0 Å². The molecule has 3 atom stereocenters.